The molecule has 2 aromatic heterocycles. The zero-order chi connectivity index (χ0) is 26.9. The van der Waals surface area contributed by atoms with Crippen LogP contribution in [0.5, 0.6) is 5.75 Å². The van der Waals surface area contributed by atoms with E-state index in [9.17, 15) is 14.7 Å². The van der Waals surface area contributed by atoms with Crippen molar-refractivity contribution >= 4 is 22.7 Å². The molecule has 8 nitrogen and oxygen atoms in total. The van der Waals surface area contributed by atoms with Crippen LogP contribution in [0.15, 0.2) is 66.9 Å². The van der Waals surface area contributed by atoms with Gasteiger partial charge in [0.1, 0.15) is 11.8 Å². The van der Waals surface area contributed by atoms with Gasteiger partial charge in [0.25, 0.3) is 0 Å². The number of phenols is 1. The number of carbonyl (C=O) groups is 2. The minimum absolute atomic E-state index is 0.145. The van der Waals surface area contributed by atoms with Crippen molar-refractivity contribution in [3.05, 3.63) is 78.1 Å². The van der Waals surface area contributed by atoms with Crippen LogP contribution in [-0.4, -0.2) is 37.7 Å². The molecule has 0 radical (unpaired) electrons. The molecule has 0 fully saturated rings. The molecule has 0 saturated heterocycles. The molecule has 0 bridgehead atoms. The van der Waals surface area contributed by atoms with E-state index in [0.29, 0.717) is 12.8 Å². The summed E-state index contributed by atoms with van der Waals surface area (Å²) in [5.74, 6) is -0.632. The maximum absolute atomic E-state index is 12.5. The number of nitrogens with one attached hydrogen (secondary N) is 1. The van der Waals surface area contributed by atoms with Crippen LogP contribution in [0.1, 0.15) is 50.3 Å². The molecule has 2 aromatic carbocycles. The highest BCUT2D eigenvalue weighted by atomic mass is 16.3. The molecular formula is C30H35N5O3. The molecule has 4 rings (SSSR count). The Balaban J connectivity index is 1.34. The summed E-state index contributed by atoms with van der Waals surface area (Å²) in [6.07, 6.45) is 6.85. The van der Waals surface area contributed by atoms with Gasteiger partial charge < -0.3 is 16.2 Å². The summed E-state index contributed by atoms with van der Waals surface area (Å²) in [5, 5.41) is 18.2. The van der Waals surface area contributed by atoms with Gasteiger partial charge in [0.2, 0.25) is 11.8 Å². The van der Waals surface area contributed by atoms with E-state index in [0.717, 1.165) is 65.6 Å². The first-order valence-corrected chi connectivity index (χ1v) is 13.2. The quantitative estimate of drug-likeness (QED) is 0.227. The third-order valence-electron chi connectivity index (χ3n) is 6.63. The number of nitrogens with two attached hydrogens (primary N) is 1. The lowest BCUT2D eigenvalue weighted by atomic mass is 10.0. The zero-order valence-corrected chi connectivity index (χ0v) is 21.8. The number of aromatic nitrogens is 3. The summed E-state index contributed by atoms with van der Waals surface area (Å²) in [6, 6.07) is 18.1. The second kappa shape index (κ2) is 12.9. The van der Waals surface area contributed by atoms with Gasteiger partial charge in [0.15, 0.2) is 0 Å². The lowest BCUT2D eigenvalue weighted by Gasteiger charge is -2.15. The highest BCUT2D eigenvalue weighted by Crippen LogP contribution is 2.24. The summed E-state index contributed by atoms with van der Waals surface area (Å²) in [7, 11) is 0. The Kier molecular flexibility index (Phi) is 9.08. The monoisotopic (exact) mass is 513 g/mol. The molecule has 1 atom stereocenters. The van der Waals surface area contributed by atoms with Crippen LogP contribution in [0.25, 0.3) is 22.2 Å². The molecule has 2 amide bonds. The smallest absolute Gasteiger partial charge is 0.240 e. The topological polar surface area (TPSA) is 123 Å². The standard InChI is InChI=1S/C30H35N5O3/c1-2-3-17-35-24(20-27(34-35)23-12-15-26-22(19-23)7-6-16-32-26)8-4-5-9-29(37)33-28(30(31)38)18-21-10-13-25(36)14-11-21/h6-7,10-16,19-20,28,36H,2-5,8-9,17-18H2,1H3,(H2,31,38)(H,33,37)/t28-/m0/s1. The number of hydrogen-bond donors (Lipinski definition) is 3. The molecule has 2 heterocycles. The number of aromatic hydroxyl groups is 1. The van der Waals surface area contributed by atoms with Gasteiger partial charge in [0.05, 0.1) is 11.2 Å². The predicted octanol–water partition coefficient (Wildman–Crippen LogP) is 4.53. The van der Waals surface area contributed by atoms with Crippen molar-refractivity contribution in [3.63, 3.8) is 0 Å². The Morgan fingerprint density at radius 1 is 1.05 bits per heavy atom. The van der Waals surface area contributed by atoms with E-state index in [1.165, 1.54) is 0 Å². The molecule has 0 saturated carbocycles. The van der Waals surface area contributed by atoms with Crippen LogP contribution in [0.3, 0.4) is 0 Å². The van der Waals surface area contributed by atoms with Crippen molar-refractivity contribution in [2.75, 3.05) is 0 Å². The first kappa shape index (κ1) is 26.9. The van der Waals surface area contributed by atoms with Crippen molar-refractivity contribution in [3.8, 4) is 17.0 Å². The Morgan fingerprint density at radius 2 is 1.87 bits per heavy atom. The van der Waals surface area contributed by atoms with E-state index in [1.807, 2.05) is 12.1 Å². The highest BCUT2D eigenvalue weighted by Gasteiger charge is 2.18. The molecule has 0 aliphatic heterocycles. The van der Waals surface area contributed by atoms with Crippen LogP contribution >= 0.6 is 0 Å². The maximum Gasteiger partial charge on any atom is 0.240 e. The minimum Gasteiger partial charge on any atom is -0.508 e. The van der Waals surface area contributed by atoms with Crippen molar-refractivity contribution in [1.82, 2.24) is 20.1 Å². The first-order chi connectivity index (χ1) is 18.4. The molecule has 4 aromatic rings. The molecule has 0 unspecified atom stereocenters. The minimum atomic E-state index is -0.790. The van der Waals surface area contributed by atoms with Gasteiger partial charge in [-0.2, -0.15) is 5.10 Å². The van der Waals surface area contributed by atoms with E-state index in [-0.39, 0.29) is 18.1 Å². The molecule has 0 aliphatic carbocycles. The molecule has 8 heteroatoms. The van der Waals surface area contributed by atoms with Gasteiger partial charge in [-0.3, -0.25) is 19.3 Å². The summed E-state index contributed by atoms with van der Waals surface area (Å²) in [4.78, 5) is 28.8. The Morgan fingerprint density at radius 3 is 2.63 bits per heavy atom. The Labute approximate surface area is 222 Å². The number of hydrogen-bond acceptors (Lipinski definition) is 5. The molecule has 4 N–H and O–H groups in total. The van der Waals surface area contributed by atoms with Gasteiger partial charge in [-0.1, -0.05) is 37.6 Å². The van der Waals surface area contributed by atoms with Crippen LogP contribution in [0.2, 0.25) is 0 Å². The maximum atomic E-state index is 12.5. The molecule has 0 spiro atoms. The highest BCUT2D eigenvalue weighted by molar-refractivity contribution is 5.87. The van der Waals surface area contributed by atoms with Gasteiger partial charge >= 0.3 is 0 Å². The van der Waals surface area contributed by atoms with Gasteiger partial charge in [-0.15, -0.1) is 0 Å². The number of fused-ring (bicyclic) bond motifs is 1. The number of aryl methyl sites for hydroxylation is 2. The summed E-state index contributed by atoms with van der Waals surface area (Å²) < 4.78 is 2.09. The number of primary amides is 1. The van der Waals surface area contributed by atoms with E-state index in [4.69, 9.17) is 10.8 Å². The lowest BCUT2D eigenvalue weighted by molar-refractivity contribution is -0.127. The number of rotatable bonds is 13. The second-order valence-electron chi connectivity index (χ2n) is 9.61. The van der Waals surface area contributed by atoms with Crippen LogP contribution < -0.4 is 11.1 Å². The van der Waals surface area contributed by atoms with E-state index in [1.54, 1.807) is 30.5 Å². The number of carbonyl (C=O) groups excluding carboxylic acids is 2. The number of phenolic OH excluding ortho intramolecular Hbond substituents is 1. The van der Waals surface area contributed by atoms with Crippen molar-refractivity contribution < 1.29 is 14.7 Å². The Hall–Kier alpha value is -4.20. The molecule has 0 aliphatic rings. The SMILES string of the molecule is CCCCn1nc(-c2ccc3ncccc3c2)cc1CCCCC(=O)N[C@@H](Cc1ccc(O)cc1)C(N)=O. The van der Waals surface area contributed by atoms with Crippen molar-refractivity contribution in [2.24, 2.45) is 5.73 Å². The van der Waals surface area contributed by atoms with Crippen molar-refractivity contribution in [2.45, 2.75) is 64.5 Å². The fraction of sp³-hybridized carbons (Fsp3) is 0.333. The second-order valence-corrected chi connectivity index (χ2v) is 9.61. The molecule has 198 valence electrons. The van der Waals surface area contributed by atoms with E-state index < -0.39 is 11.9 Å². The average molecular weight is 514 g/mol. The number of pyridine rings is 1. The van der Waals surface area contributed by atoms with Gasteiger partial charge in [-0.25, -0.2) is 0 Å². The number of unbranched alkanes of at least 4 members (excludes halogenated alkanes) is 2. The van der Waals surface area contributed by atoms with Crippen molar-refractivity contribution in [1.29, 1.82) is 0 Å². The third kappa shape index (κ3) is 7.18. The Bertz CT molecular complexity index is 1380. The summed E-state index contributed by atoms with van der Waals surface area (Å²) in [6.45, 7) is 3.03. The van der Waals surface area contributed by atoms with Crippen LogP contribution in [0.4, 0.5) is 0 Å². The predicted molar refractivity (Wildman–Crippen MR) is 148 cm³/mol. The lowest BCUT2D eigenvalue weighted by Crippen LogP contribution is -2.45. The first-order valence-electron chi connectivity index (χ1n) is 13.2. The number of nitrogens with zero attached hydrogens (tertiary/aromatic N) is 3. The average Bonchev–Trinajstić information content (AvgIpc) is 3.33. The van der Waals surface area contributed by atoms with Gasteiger partial charge in [-0.05, 0) is 67.6 Å². The fourth-order valence-corrected chi connectivity index (χ4v) is 4.48. The van der Waals surface area contributed by atoms with Gasteiger partial charge in [0, 0.05) is 42.2 Å². The number of benzene rings is 2. The van der Waals surface area contributed by atoms with E-state index in [2.05, 4.69) is 46.2 Å². The van der Waals surface area contributed by atoms with E-state index >= 15 is 0 Å². The fourth-order valence-electron chi connectivity index (χ4n) is 4.48. The molecular weight excluding hydrogens is 478 g/mol. The van der Waals surface area contributed by atoms with Crippen LogP contribution in [-0.2, 0) is 29.0 Å². The summed E-state index contributed by atoms with van der Waals surface area (Å²) >= 11 is 0. The summed E-state index contributed by atoms with van der Waals surface area (Å²) in [5.41, 5.74) is 10.4. The van der Waals surface area contributed by atoms with Crippen LogP contribution in [0, 0.1) is 0 Å². The largest absolute Gasteiger partial charge is 0.508 e. The molecule has 38 heavy (non-hydrogen) atoms. The third-order valence-corrected chi connectivity index (χ3v) is 6.63. The number of amides is 2. The zero-order valence-electron chi connectivity index (χ0n) is 21.8. The normalized spacial score (nSPS) is 11.9.